The van der Waals surface area contributed by atoms with E-state index >= 15 is 0 Å². The minimum Gasteiger partial charge on any atom is -0.482 e. The number of rotatable bonds is 6. The lowest BCUT2D eigenvalue weighted by Crippen LogP contribution is -2.48. The third kappa shape index (κ3) is 4.37. The van der Waals surface area contributed by atoms with Crippen molar-refractivity contribution in [3.63, 3.8) is 0 Å². The minimum absolute atomic E-state index is 0.0468. The molecule has 2 aromatic rings. The highest BCUT2D eigenvalue weighted by Gasteiger charge is 2.26. The molecule has 0 unspecified atom stereocenters. The van der Waals surface area contributed by atoms with Gasteiger partial charge in [0.25, 0.3) is 11.6 Å². The Bertz CT molecular complexity index is 893. The standard InChI is InChI=1S/C19H19N3O6/c23-18(24)13-28-15-5-3-4-14(12-15)19(25)21-10-8-20(9-11-21)16-6-1-2-7-17(16)22(26)27/h1-7,12H,8-11,13H2,(H,23,24). The maximum Gasteiger partial charge on any atom is 0.341 e. The molecule has 1 aliphatic heterocycles. The summed E-state index contributed by atoms with van der Waals surface area (Å²) in [4.78, 5) is 37.7. The van der Waals surface area contributed by atoms with Gasteiger partial charge in [0.1, 0.15) is 11.4 Å². The first-order valence-electron chi connectivity index (χ1n) is 8.68. The molecule has 1 saturated heterocycles. The normalized spacial score (nSPS) is 13.9. The number of carboxylic acid groups (broad SMARTS) is 1. The highest BCUT2D eigenvalue weighted by atomic mass is 16.6. The van der Waals surface area contributed by atoms with E-state index in [1.54, 1.807) is 41.3 Å². The molecule has 0 aromatic heterocycles. The fourth-order valence-electron chi connectivity index (χ4n) is 3.08. The summed E-state index contributed by atoms with van der Waals surface area (Å²) in [5.74, 6) is -0.974. The van der Waals surface area contributed by atoms with Crippen LogP contribution in [0, 0.1) is 10.1 Å². The van der Waals surface area contributed by atoms with E-state index < -0.39 is 17.5 Å². The number of nitrogens with zero attached hydrogens (tertiary/aromatic N) is 3. The van der Waals surface area contributed by atoms with Crippen LogP contribution in [0.4, 0.5) is 11.4 Å². The molecule has 3 rings (SSSR count). The molecule has 1 aliphatic rings. The van der Waals surface area contributed by atoms with Crippen molar-refractivity contribution in [1.29, 1.82) is 0 Å². The molecule has 1 N–H and O–H groups in total. The zero-order valence-corrected chi connectivity index (χ0v) is 15.0. The van der Waals surface area contributed by atoms with Gasteiger partial charge >= 0.3 is 5.97 Å². The van der Waals surface area contributed by atoms with Gasteiger partial charge in [-0.1, -0.05) is 18.2 Å². The van der Waals surface area contributed by atoms with Crippen LogP contribution in [0.25, 0.3) is 0 Å². The summed E-state index contributed by atoms with van der Waals surface area (Å²) < 4.78 is 5.11. The molecule has 0 radical (unpaired) electrons. The number of piperazine rings is 1. The Morgan fingerprint density at radius 1 is 1.07 bits per heavy atom. The Balaban J connectivity index is 1.65. The Labute approximate surface area is 160 Å². The summed E-state index contributed by atoms with van der Waals surface area (Å²) in [5, 5.41) is 19.9. The predicted octanol–water partition coefficient (Wildman–Crippen LogP) is 2.02. The molecule has 0 bridgehead atoms. The van der Waals surface area contributed by atoms with E-state index in [-0.39, 0.29) is 11.6 Å². The number of carbonyl (C=O) groups excluding carboxylic acids is 1. The lowest BCUT2D eigenvalue weighted by atomic mass is 10.1. The van der Waals surface area contributed by atoms with Gasteiger partial charge in [0, 0.05) is 37.8 Å². The zero-order chi connectivity index (χ0) is 20.1. The number of amides is 1. The Kier molecular flexibility index (Phi) is 5.73. The van der Waals surface area contributed by atoms with Gasteiger partial charge in [-0.25, -0.2) is 4.79 Å². The van der Waals surface area contributed by atoms with Crippen LogP contribution in [-0.2, 0) is 4.79 Å². The maximum atomic E-state index is 12.7. The lowest BCUT2D eigenvalue weighted by molar-refractivity contribution is -0.384. The molecule has 146 valence electrons. The number of carboxylic acids is 1. The maximum absolute atomic E-state index is 12.7. The first-order chi connectivity index (χ1) is 13.5. The average molecular weight is 385 g/mol. The fourth-order valence-corrected chi connectivity index (χ4v) is 3.08. The second-order valence-electron chi connectivity index (χ2n) is 6.24. The lowest BCUT2D eigenvalue weighted by Gasteiger charge is -2.35. The molecule has 0 atom stereocenters. The van der Waals surface area contributed by atoms with Gasteiger partial charge in [-0.3, -0.25) is 14.9 Å². The number of hydrogen-bond donors (Lipinski definition) is 1. The quantitative estimate of drug-likeness (QED) is 0.598. The molecular formula is C19H19N3O6. The summed E-state index contributed by atoms with van der Waals surface area (Å²) in [5.41, 5.74) is 0.997. The van der Waals surface area contributed by atoms with Gasteiger partial charge < -0.3 is 19.6 Å². The first-order valence-corrected chi connectivity index (χ1v) is 8.68. The zero-order valence-electron chi connectivity index (χ0n) is 15.0. The van der Waals surface area contributed by atoms with E-state index in [0.717, 1.165) is 0 Å². The van der Waals surface area contributed by atoms with Gasteiger partial charge in [0.2, 0.25) is 0 Å². The molecule has 1 fully saturated rings. The Morgan fingerprint density at radius 3 is 2.46 bits per heavy atom. The molecule has 9 heteroatoms. The van der Waals surface area contributed by atoms with Crippen molar-refractivity contribution in [3.8, 4) is 5.75 Å². The van der Waals surface area contributed by atoms with Crippen molar-refractivity contribution in [1.82, 2.24) is 4.90 Å². The van der Waals surface area contributed by atoms with E-state index in [9.17, 15) is 19.7 Å². The number of benzene rings is 2. The first kappa shape index (κ1) is 19.2. The summed E-state index contributed by atoms with van der Waals surface area (Å²) in [6, 6.07) is 12.9. The third-order valence-electron chi connectivity index (χ3n) is 4.43. The Hall–Kier alpha value is -3.62. The molecule has 2 aromatic carbocycles. The van der Waals surface area contributed by atoms with Crippen LogP contribution >= 0.6 is 0 Å². The van der Waals surface area contributed by atoms with Crippen LogP contribution in [0.1, 0.15) is 10.4 Å². The van der Waals surface area contributed by atoms with Crippen LogP contribution in [0.5, 0.6) is 5.75 Å². The van der Waals surface area contributed by atoms with Crippen LogP contribution in [0.3, 0.4) is 0 Å². The van der Waals surface area contributed by atoms with E-state index in [1.807, 2.05) is 4.90 Å². The van der Waals surface area contributed by atoms with Crippen molar-refractivity contribution >= 4 is 23.3 Å². The number of aliphatic carboxylic acids is 1. The number of nitro groups is 1. The number of anilines is 1. The minimum atomic E-state index is -1.09. The molecule has 0 spiro atoms. The second-order valence-corrected chi connectivity index (χ2v) is 6.24. The molecule has 1 heterocycles. The van der Waals surface area contributed by atoms with Crippen LogP contribution in [-0.4, -0.2) is 59.6 Å². The average Bonchev–Trinajstić information content (AvgIpc) is 2.72. The molecule has 28 heavy (non-hydrogen) atoms. The summed E-state index contributed by atoms with van der Waals surface area (Å²) in [7, 11) is 0. The SMILES string of the molecule is O=C(O)COc1cccc(C(=O)N2CCN(c3ccccc3[N+](=O)[O-])CC2)c1. The highest BCUT2D eigenvalue weighted by molar-refractivity contribution is 5.94. The van der Waals surface area contributed by atoms with Gasteiger partial charge in [0.05, 0.1) is 4.92 Å². The molecule has 0 saturated carbocycles. The molecule has 1 amide bonds. The van der Waals surface area contributed by atoms with E-state index in [1.165, 1.54) is 12.1 Å². The summed E-state index contributed by atoms with van der Waals surface area (Å²) >= 11 is 0. The second kappa shape index (κ2) is 8.38. The number of ether oxygens (including phenoxy) is 1. The van der Waals surface area contributed by atoms with E-state index in [0.29, 0.717) is 43.2 Å². The predicted molar refractivity (Wildman–Crippen MR) is 101 cm³/mol. The smallest absolute Gasteiger partial charge is 0.341 e. The summed E-state index contributed by atoms with van der Waals surface area (Å²) in [6.07, 6.45) is 0. The monoisotopic (exact) mass is 385 g/mol. The van der Waals surface area contributed by atoms with E-state index in [4.69, 9.17) is 9.84 Å². The number of hydrogen-bond acceptors (Lipinski definition) is 6. The highest BCUT2D eigenvalue weighted by Crippen LogP contribution is 2.28. The van der Waals surface area contributed by atoms with Crippen LogP contribution in [0.2, 0.25) is 0 Å². The van der Waals surface area contributed by atoms with Crippen molar-refractivity contribution < 1.29 is 24.4 Å². The van der Waals surface area contributed by atoms with Gasteiger partial charge in [-0.2, -0.15) is 0 Å². The van der Waals surface area contributed by atoms with Gasteiger partial charge in [-0.05, 0) is 24.3 Å². The topological polar surface area (TPSA) is 113 Å². The fraction of sp³-hybridized carbons (Fsp3) is 0.263. The van der Waals surface area contributed by atoms with E-state index in [2.05, 4.69) is 0 Å². The van der Waals surface area contributed by atoms with Crippen molar-refractivity contribution in [2.75, 3.05) is 37.7 Å². The van der Waals surface area contributed by atoms with Gasteiger partial charge in [0.15, 0.2) is 6.61 Å². The third-order valence-corrected chi connectivity index (χ3v) is 4.43. The van der Waals surface area contributed by atoms with Gasteiger partial charge in [-0.15, -0.1) is 0 Å². The molecule has 9 nitrogen and oxygen atoms in total. The summed E-state index contributed by atoms with van der Waals surface area (Å²) in [6.45, 7) is 1.32. The Morgan fingerprint density at radius 2 is 1.79 bits per heavy atom. The van der Waals surface area contributed by atoms with Crippen molar-refractivity contribution in [2.45, 2.75) is 0 Å². The van der Waals surface area contributed by atoms with Crippen LogP contribution in [0.15, 0.2) is 48.5 Å². The largest absolute Gasteiger partial charge is 0.482 e. The molecular weight excluding hydrogens is 366 g/mol. The number of para-hydroxylation sites is 2. The van der Waals surface area contributed by atoms with Crippen molar-refractivity contribution in [3.05, 3.63) is 64.2 Å². The van der Waals surface area contributed by atoms with Crippen molar-refractivity contribution in [2.24, 2.45) is 0 Å². The molecule has 0 aliphatic carbocycles. The number of nitro benzene ring substituents is 1. The van der Waals surface area contributed by atoms with Crippen LogP contribution < -0.4 is 9.64 Å². The number of carbonyl (C=O) groups is 2.